The van der Waals surface area contributed by atoms with Gasteiger partial charge < -0.3 is 5.73 Å². The van der Waals surface area contributed by atoms with Crippen molar-refractivity contribution in [3.8, 4) is 0 Å². The fourth-order valence-corrected chi connectivity index (χ4v) is 0.727. The molecule has 74 valence electrons. The molecular formula is C10H13N3O. The molecule has 0 aromatic heterocycles. The topological polar surface area (TPSA) is 67.8 Å². The molecule has 1 aromatic carbocycles. The highest BCUT2D eigenvalue weighted by Gasteiger charge is 2.23. The molecule has 0 heterocycles. The van der Waals surface area contributed by atoms with Crippen LogP contribution < -0.4 is 5.73 Å². The Labute approximate surface area is 82.8 Å². The van der Waals surface area contributed by atoms with Crippen molar-refractivity contribution >= 4 is 11.6 Å². The van der Waals surface area contributed by atoms with Crippen LogP contribution in [0.5, 0.6) is 0 Å². The zero-order valence-electron chi connectivity index (χ0n) is 8.27. The Balaban J connectivity index is 2.79. The summed E-state index contributed by atoms with van der Waals surface area (Å²) in [6.45, 7) is 3.25. The van der Waals surface area contributed by atoms with E-state index in [1.54, 1.807) is 26.0 Å². The van der Waals surface area contributed by atoms with E-state index < -0.39 is 11.4 Å². The number of azo groups is 1. The zero-order chi connectivity index (χ0) is 10.6. The van der Waals surface area contributed by atoms with Crippen LogP contribution in [0.1, 0.15) is 13.8 Å². The summed E-state index contributed by atoms with van der Waals surface area (Å²) in [5.41, 5.74) is 4.90. The third-order valence-electron chi connectivity index (χ3n) is 1.77. The number of carbonyl (C=O) groups is 1. The van der Waals surface area contributed by atoms with Crippen LogP contribution in [0.25, 0.3) is 0 Å². The van der Waals surface area contributed by atoms with Gasteiger partial charge >= 0.3 is 0 Å². The molecule has 0 aliphatic rings. The van der Waals surface area contributed by atoms with Gasteiger partial charge in [-0.15, -0.1) is 0 Å². The molecule has 0 saturated carbocycles. The maximum atomic E-state index is 10.9. The minimum Gasteiger partial charge on any atom is -0.368 e. The first-order valence-corrected chi connectivity index (χ1v) is 4.30. The highest BCUT2D eigenvalue weighted by molar-refractivity contribution is 5.83. The summed E-state index contributed by atoms with van der Waals surface area (Å²) in [6, 6.07) is 9.20. The van der Waals surface area contributed by atoms with Crippen LogP contribution in [0.3, 0.4) is 0 Å². The molecule has 0 fully saturated rings. The smallest absolute Gasteiger partial charge is 0.246 e. The first kappa shape index (κ1) is 10.4. The maximum absolute atomic E-state index is 10.9. The predicted octanol–water partition coefficient (Wildman–Crippen LogP) is 2.03. The zero-order valence-corrected chi connectivity index (χ0v) is 8.27. The van der Waals surface area contributed by atoms with E-state index in [9.17, 15) is 4.79 Å². The molecule has 0 bridgehead atoms. The lowest BCUT2D eigenvalue weighted by atomic mass is 10.1. The summed E-state index contributed by atoms with van der Waals surface area (Å²) < 4.78 is 0. The van der Waals surface area contributed by atoms with E-state index in [0.29, 0.717) is 5.69 Å². The summed E-state index contributed by atoms with van der Waals surface area (Å²) in [6.07, 6.45) is 0. The number of nitrogens with two attached hydrogens (primary N) is 1. The molecule has 0 saturated heterocycles. The third kappa shape index (κ3) is 2.65. The van der Waals surface area contributed by atoms with Crippen molar-refractivity contribution in [3.63, 3.8) is 0 Å². The molecule has 4 nitrogen and oxygen atoms in total. The normalized spacial score (nSPS) is 11.9. The highest BCUT2D eigenvalue weighted by atomic mass is 16.1. The molecule has 0 aliphatic heterocycles. The summed E-state index contributed by atoms with van der Waals surface area (Å²) in [5, 5.41) is 7.80. The standard InChI is InChI=1S/C10H13N3O/c1-10(2,9(11)14)13-12-8-6-4-3-5-7-8/h3-7H,1-2H3,(H2,11,14). The van der Waals surface area contributed by atoms with Crippen LogP contribution in [0.2, 0.25) is 0 Å². The second-order valence-corrected chi connectivity index (χ2v) is 3.46. The Kier molecular flexibility index (Phi) is 2.96. The van der Waals surface area contributed by atoms with Crippen molar-refractivity contribution in [2.24, 2.45) is 16.0 Å². The van der Waals surface area contributed by atoms with E-state index in [1.807, 2.05) is 18.2 Å². The molecule has 0 radical (unpaired) electrons. The van der Waals surface area contributed by atoms with Gasteiger partial charge in [-0.1, -0.05) is 18.2 Å². The third-order valence-corrected chi connectivity index (χ3v) is 1.77. The second-order valence-electron chi connectivity index (χ2n) is 3.46. The number of primary amides is 1. The van der Waals surface area contributed by atoms with Crippen molar-refractivity contribution in [2.45, 2.75) is 19.4 Å². The van der Waals surface area contributed by atoms with Crippen LogP contribution in [0, 0.1) is 0 Å². The second kappa shape index (κ2) is 4.00. The Morgan fingerprint density at radius 3 is 2.36 bits per heavy atom. The van der Waals surface area contributed by atoms with Crippen LogP contribution in [-0.2, 0) is 4.79 Å². The van der Waals surface area contributed by atoms with E-state index >= 15 is 0 Å². The fourth-order valence-electron chi connectivity index (χ4n) is 0.727. The quantitative estimate of drug-likeness (QED) is 0.730. The van der Waals surface area contributed by atoms with Crippen LogP contribution >= 0.6 is 0 Å². The van der Waals surface area contributed by atoms with Gasteiger partial charge in [-0.25, -0.2) is 0 Å². The van der Waals surface area contributed by atoms with Gasteiger partial charge in [0.1, 0.15) is 0 Å². The van der Waals surface area contributed by atoms with Crippen molar-refractivity contribution in [3.05, 3.63) is 30.3 Å². The number of nitrogens with zero attached hydrogens (tertiary/aromatic N) is 2. The molecular weight excluding hydrogens is 178 g/mol. The number of hydrogen-bond acceptors (Lipinski definition) is 3. The minimum atomic E-state index is -0.949. The number of hydrogen-bond donors (Lipinski definition) is 1. The van der Waals surface area contributed by atoms with Crippen molar-refractivity contribution in [1.29, 1.82) is 0 Å². The average molecular weight is 191 g/mol. The lowest BCUT2D eigenvalue weighted by Gasteiger charge is -2.11. The maximum Gasteiger partial charge on any atom is 0.246 e. The van der Waals surface area contributed by atoms with Gasteiger partial charge in [0.15, 0.2) is 5.54 Å². The first-order valence-electron chi connectivity index (χ1n) is 4.30. The van der Waals surface area contributed by atoms with E-state index in [4.69, 9.17) is 5.73 Å². The molecule has 0 spiro atoms. The molecule has 1 rings (SSSR count). The summed E-state index contributed by atoms with van der Waals surface area (Å²) in [5.74, 6) is -0.489. The highest BCUT2D eigenvalue weighted by Crippen LogP contribution is 2.15. The number of carbonyl (C=O) groups excluding carboxylic acids is 1. The first-order chi connectivity index (χ1) is 6.52. The number of amides is 1. The van der Waals surface area contributed by atoms with Crippen molar-refractivity contribution in [2.75, 3.05) is 0 Å². The molecule has 1 amide bonds. The molecule has 1 aromatic rings. The number of benzene rings is 1. The molecule has 0 atom stereocenters. The monoisotopic (exact) mass is 191 g/mol. The number of rotatable bonds is 3. The van der Waals surface area contributed by atoms with E-state index in [1.165, 1.54) is 0 Å². The summed E-state index contributed by atoms with van der Waals surface area (Å²) in [7, 11) is 0. The Morgan fingerprint density at radius 2 is 1.86 bits per heavy atom. The van der Waals surface area contributed by atoms with Gasteiger partial charge in [0.2, 0.25) is 5.91 Å². The molecule has 14 heavy (non-hydrogen) atoms. The lowest BCUT2D eigenvalue weighted by Crippen LogP contribution is -2.35. The van der Waals surface area contributed by atoms with Crippen molar-refractivity contribution in [1.82, 2.24) is 0 Å². The Bertz CT molecular complexity index is 344. The summed E-state index contributed by atoms with van der Waals surface area (Å²) in [4.78, 5) is 10.9. The van der Waals surface area contributed by atoms with Gasteiger partial charge in [-0.05, 0) is 26.0 Å². The van der Waals surface area contributed by atoms with Crippen LogP contribution in [-0.4, -0.2) is 11.4 Å². The largest absolute Gasteiger partial charge is 0.368 e. The van der Waals surface area contributed by atoms with E-state index in [0.717, 1.165) is 0 Å². The average Bonchev–Trinajstić information content (AvgIpc) is 2.16. The Hall–Kier alpha value is -1.71. The van der Waals surface area contributed by atoms with Gasteiger partial charge in [-0.2, -0.15) is 10.2 Å². The van der Waals surface area contributed by atoms with Gasteiger partial charge in [0.05, 0.1) is 5.69 Å². The van der Waals surface area contributed by atoms with Gasteiger partial charge in [0.25, 0.3) is 0 Å². The van der Waals surface area contributed by atoms with Crippen molar-refractivity contribution < 1.29 is 4.79 Å². The SMILES string of the molecule is CC(C)(N=Nc1ccccc1)C(N)=O. The molecule has 0 aliphatic carbocycles. The van der Waals surface area contributed by atoms with Crippen LogP contribution in [0.15, 0.2) is 40.6 Å². The molecule has 4 heteroatoms. The van der Waals surface area contributed by atoms with Gasteiger partial charge in [-0.3, -0.25) is 4.79 Å². The Morgan fingerprint density at radius 1 is 1.29 bits per heavy atom. The lowest BCUT2D eigenvalue weighted by molar-refractivity contribution is -0.122. The fraction of sp³-hybridized carbons (Fsp3) is 0.300. The summed E-state index contributed by atoms with van der Waals surface area (Å²) >= 11 is 0. The van der Waals surface area contributed by atoms with E-state index in [2.05, 4.69) is 10.2 Å². The molecule has 0 unspecified atom stereocenters. The predicted molar refractivity (Wildman–Crippen MR) is 54.2 cm³/mol. The minimum absolute atomic E-state index is 0.489. The van der Waals surface area contributed by atoms with Crippen LogP contribution in [0.4, 0.5) is 5.69 Å². The van der Waals surface area contributed by atoms with Gasteiger partial charge in [0, 0.05) is 0 Å². The van der Waals surface area contributed by atoms with E-state index in [-0.39, 0.29) is 0 Å². The molecule has 2 N–H and O–H groups in total.